The van der Waals surface area contributed by atoms with Gasteiger partial charge in [0.05, 0.1) is 5.69 Å². The van der Waals surface area contributed by atoms with Gasteiger partial charge in [-0.25, -0.2) is 9.69 Å². The van der Waals surface area contributed by atoms with Crippen LogP contribution in [0, 0.1) is 13.8 Å². The largest absolute Gasteiger partial charge is 0.488 e. The molecule has 34 heavy (non-hydrogen) atoms. The van der Waals surface area contributed by atoms with Gasteiger partial charge in [0, 0.05) is 20.6 Å². The molecule has 0 unspecified atom stereocenters. The number of amides is 4. The summed E-state index contributed by atoms with van der Waals surface area (Å²) in [4.78, 5) is 39.6. The van der Waals surface area contributed by atoms with Gasteiger partial charge in [0.2, 0.25) is 0 Å². The third-order valence-corrected chi connectivity index (χ3v) is 6.39. The zero-order chi connectivity index (χ0) is 24.4. The molecule has 1 N–H and O–H groups in total. The van der Waals surface area contributed by atoms with E-state index in [0.717, 1.165) is 26.1 Å². The average Bonchev–Trinajstić information content (AvgIpc) is 2.79. The summed E-state index contributed by atoms with van der Waals surface area (Å²) >= 11 is 9.65. The number of nitrogens with zero attached hydrogens (tertiary/aromatic N) is 1. The summed E-state index contributed by atoms with van der Waals surface area (Å²) in [5.41, 5.74) is 3.22. The van der Waals surface area contributed by atoms with Crippen LogP contribution in [0.3, 0.4) is 0 Å². The van der Waals surface area contributed by atoms with Gasteiger partial charge in [-0.15, -0.1) is 0 Å². The number of barbiturate groups is 1. The van der Waals surface area contributed by atoms with E-state index in [0.29, 0.717) is 22.0 Å². The Morgan fingerprint density at radius 2 is 1.79 bits per heavy atom. The minimum atomic E-state index is -0.787. The topological polar surface area (TPSA) is 75.7 Å². The summed E-state index contributed by atoms with van der Waals surface area (Å²) in [5.74, 6) is -1.03. The molecule has 4 rings (SSSR count). The van der Waals surface area contributed by atoms with Crippen molar-refractivity contribution in [1.82, 2.24) is 5.32 Å². The minimum absolute atomic E-state index is 0.179. The zero-order valence-corrected chi connectivity index (χ0v) is 20.7. The molecule has 1 fully saturated rings. The molecule has 0 radical (unpaired) electrons. The van der Waals surface area contributed by atoms with Gasteiger partial charge >= 0.3 is 6.03 Å². The Morgan fingerprint density at radius 1 is 1.03 bits per heavy atom. The van der Waals surface area contributed by atoms with Crippen LogP contribution in [0.5, 0.6) is 5.75 Å². The van der Waals surface area contributed by atoms with E-state index in [4.69, 9.17) is 16.3 Å². The van der Waals surface area contributed by atoms with Gasteiger partial charge in [-0.3, -0.25) is 14.9 Å². The normalized spacial score (nSPS) is 15.0. The second-order valence-corrected chi connectivity index (χ2v) is 9.06. The molecule has 0 bridgehead atoms. The van der Waals surface area contributed by atoms with Crippen molar-refractivity contribution in [3.05, 3.63) is 98.0 Å². The number of aryl methyl sites for hydroxylation is 1. The SMILES string of the molecule is Cc1cccc(N2C(=O)NC(=O)/C(=C\c3cc(Br)ccc3OCc3ccccc3Cl)C2=O)c1C. The molecule has 0 saturated carbocycles. The van der Waals surface area contributed by atoms with E-state index < -0.39 is 17.8 Å². The molecule has 1 saturated heterocycles. The summed E-state index contributed by atoms with van der Waals surface area (Å²) in [6, 6.07) is 17.1. The molecule has 172 valence electrons. The molecular weight excluding hydrogens is 520 g/mol. The third kappa shape index (κ3) is 4.76. The number of hydrogen-bond donors (Lipinski definition) is 1. The smallest absolute Gasteiger partial charge is 0.335 e. The van der Waals surface area contributed by atoms with Gasteiger partial charge in [0.25, 0.3) is 11.8 Å². The predicted molar refractivity (Wildman–Crippen MR) is 135 cm³/mol. The Labute approximate surface area is 210 Å². The van der Waals surface area contributed by atoms with Gasteiger partial charge in [0.1, 0.15) is 17.9 Å². The standard InChI is InChI=1S/C26H20BrClN2O4/c1-15-6-5-9-22(16(15)2)30-25(32)20(24(31)29-26(30)33)13-18-12-19(27)10-11-23(18)34-14-17-7-3-4-8-21(17)28/h3-13H,14H2,1-2H3,(H,29,31,33)/b20-13+. The molecule has 3 aromatic carbocycles. The maximum absolute atomic E-state index is 13.3. The van der Waals surface area contributed by atoms with Gasteiger partial charge in [0.15, 0.2) is 0 Å². The second kappa shape index (κ2) is 9.83. The maximum Gasteiger partial charge on any atom is 0.335 e. The Balaban J connectivity index is 1.71. The van der Waals surface area contributed by atoms with Crippen LogP contribution in [0.25, 0.3) is 6.08 Å². The van der Waals surface area contributed by atoms with E-state index in [2.05, 4.69) is 21.2 Å². The summed E-state index contributed by atoms with van der Waals surface area (Å²) in [6.07, 6.45) is 1.43. The van der Waals surface area contributed by atoms with E-state index in [-0.39, 0.29) is 12.2 Å². The van der Waals surface area contributed by atoms with Crippen molar-refractivity contribution < 1.29 is 19.1 Å². The van der Waals surface area contributed by atoms with Gasteiger partial charge in [-0.1, -0.05) is 57.9 Å². The van der Waals surface area contributed by atoms with Crippen LogP contribution in [0.1, 0.15) is 22.3 Å². The third-order valence-electron chi connectivity index (χ3n) is 5.53. The first kappa shape index (κ1) is 23.7. The van der Waals surface area contributed by atoms with E-state index in [1.54, 1.807) is 36.4 Å². The number of carbonyl (C=O) groups excluding carboxylic acids is 3. The number of benzene rings is 3. The summed E-state index contributed by atoms with van der Waals surface area (Å²) in [5, 5.41) is 2.84. The molecule has 6 nitrogen and oxygen atoms in total. The van der Waals surface area contributed by atoms with E-state index in [9.17, 15) is 14.4 Å². The van der Waals surface area contributed by atoms with Gasteiger partial charge in [-0.05, 0) is 61.4 Å². The molecule has 1 heterocycles. The lowest BCUT2D eigenvalue weighted by atomic mass is 10.0. The number of nitrogens with one attached hydrogen (secondary N) is 1. The Hall–Kier alpha value is -3.42. The highest BCUT2D eigenvalue weighted by molar-refractivity contribution is 9.10. The fraction of sp³-hybridized carbons (Fsp3) is 0.115. The average molecular weight is 540 g/mol. The van der Waals surface area contributed by atoms with E-state index in [1.165, 1.54) is 6.08 Å². The van der Waals surface area contributed by atoms with Crippen LogP contribution in [0.2, 0.25) is 5.02 Å². The highest BCUT2D eigenvalue weighted by Gasteiger charge is 2.37. The first-order chi connectivity index (χ1) is 16.3. The molecule has 3 aromatic rings. The second-order valence-electron chi connectivity index (χ2n) is 7.74. The number of ether oxygens (including phenoxy) is 1. The summed E-state index contributed by atoms with van der Waals surface area (Å²) in [7, 11) is 0. The van der Waals surface area contributed by atoms with Crippen molar-refractivity contribution in [2.45, 2.75) is 20.5 Å². The van der Waals surface area contributed by atoms with E-state index in [1.807, 2.05) is 38.1 Å². The number of imide groups is 2. The summed E-state index contributed by atoms with van der Waals surface area (Å²) in [6.45, 7) is 3.90. The first-order valence-corrected chi connectivity index (χ1v) is 11.6. The highest BCUT2D eigenvalue weighted by atomic mass is 79.9. The minimum Gasteiger partial charge on any atom is -0.488 e. The first-order valence-electron chi connectivity index (χ1n) is 10.4. The van der Waals surface area contributed by atoms with Gasteiger partial charge < -0.3 is 4.74 Å². The van der Waals surface area contributed by atoms with Crippen molar-refractivity contribution >= 4 is 57.1 Å². The van der Waals surface area contributed by atoms with Crippen LogP contribution in [0.4, 0.5) is 10.5 Å². The Bertz CT molecular complexity index is 1350. The molecule has 1 aliphatic heterocycles. The lowest BCUT2D eigenvalue weighted by molar-refractivity contribution is -0.122. The van der Waals surface area contributed by atoms with Crippen molar-refractivity contribution in [3.8, 4) is 5.75 Å². The monoisotopic (exact) mass is 538 g/mol. The maximum atomic E-state index is 13.3. The number of hydrogen-bond acceptors (Lipinski definition) is 4. The fourth-order valence-corrected chi connectivity index (χ4v) is 4.11. The van der Waals surface area contributed by atoms with Crippen LogP contribution < -0.4 is 15.0 Å². The van der Waals surface area contributed by atoms with E-state index >= 15 is 0 Å². The number of carbonyl (C=O) groups is 3. The van der Waals surface area contributed by atoms with Crippen LogP contribution >= 0.6 is 27.5 Å². The van der Waals surface area contributed by atoms with Crippen LogP contribution in [-0.4, -0.2) is 17.8 Å². The van der Waals surface area contributed by atoms with Crippen LogP contribution in [-0.2, 0) is 16.2 Å². The Morgan fingerprint density at radius 3 is 2.56 bits per heavy atom. The molecule has 1 aliphatic rings. The molecule has 0 aromatic heterocycles. The molecule has 0 atom stereocenters. The van der Waals surface area contributed by atoms with Crippen LogP contribution in [0.15, 0.2) is 70.7 Å². The zero-order valence-electron chi connectivity index (χ0n) is 18.4. The van der Waals surface area contributed by atoms with Crippen molar-refractivity contribution in [3.63, 3.8) is 0 Å². The number of halogens is 2. The van der Waals surface area contributed by atoms with Crippen molar-refractivity contribution in [2.75, 3.05) is 4.90 Å². The van der Waals surface area contributed by atoms with Crippen molar-refractivity contribution in [2.24, 2.45) is 0 Å². The molecule has 0 aliphatic carbocycles. The fourth-order valence-electron chi connectivity index (χ4n) is 3.54. The number of urea groups is 1. The quantitative estimate of drug-likeness (QED) is 0.320. The predicted octanol–water partition coefficient (Wildman–Crippen LogP) is 5.96. The lowest BCUT2D eigenvalue weighted by Gasteiger charge is -2.28. The molecule has 8 heteroatoms. The van der Waals surface area contributed by atoms with Crippen molar-refractivity contribution in [1.29, 1.82) is 0 Å². The molecule has 0 spiro atoms. The highest BCUT2D eigenvalue weighted by Crippen LogP contribution is 2.30. The van der Waals surface area contributed by atoms with Gasteiger partial charge in [-0.2, -0.15) is 0 Å². The summed E-state index contributed by atoms with van der Waals surface area (Å²) < 4.78 is 6.70. The number of anilines is 1. The number of rotatable bonds is 5. The molecular formula is C26H20BrClN2O4. The lowest BCUT2D eigenvalue weighted by Crippen LogP contribution is -2.54. The molecule has 4 amide bonds. The Kier molecular flexibility index (Phi) is 6.86.